The van der Waals surface area contributed by atoms with Crippen molar-refractivity contribution in [2.75, 3.05) is 20.3 Å². The summed E-state index contributed by atoms with van der Waals surface area (Å²) in [6.45, 7) is 0.186. The summed E-state index contributed by atoms with van der Waals surface area (Å²) in [5.74, 6) is 6.80. The van der Waals surface area contributed by atoms with E-state index in [4.69, 9.17) is 33.0 Å². The molecule has 1 aromatic carbocycles. The minimum atomic E-state index is -0.0768. The summed E-state index contributed by atoms with van der Waals surface area (Å²) >= 11 is 6.23. The minimum absolute atomic E-state index is 0.0768. The van der Waals surface area contributed by atoms with Gasteiger partial charge >= 0.3 is 0 Å². The lowest BCUT2D eigenvalue weighted by atomic mass is 10.1. The third kappa shape index (κ3) is 3.27. The number of fused-ring (bicyclic) bond motifs is 1. The van der Waals surface area contributed by atoms with Gasteiger partial charge in [0.05, 0.1) is 43.6 Å². The van der Waals surface area contributed by atoms with Gasteiger partial charge in [-0.15, -0.1) is 0 Å². The number of benzene rings is 1. The first-order valence-electron chi connectivity index (χ1n) is 7.52. The van der Waals surface area contributed by atoms with Crippen LogP contribution in [0, 0.1) is 0 Å². The third-order valence-corrected chi connectivity index (χ3v) is 4.02. The Morgan fingerprint density at radius 1 is 1.52 bits per heavy atom. The fraction of sp³-hybridized carbons (Fsp3) is 0.188. The van der Waals surface area contributed by atoms with E-state index in [0.717, 1.165) is 22.0 Å². The van der Waals surface area contributed by atoms with Crippen LogP contribution in [-0.4, -0.2) is 45.1 Å². The van der Waals surface area contributed by atoms with Gasteiger partial charge in [-0.2, -0.15) is 5.10 Å². The first kappa shape index (κ1) is 17.2. The van der Waals surface area contributed by atoms with Crippen LogP contribution in [-0.2, 0) is 0 Å². The van der Waals surface area contributed by atoms with Crippen LogP contribution in [0.2, 0.25) is 5.02 Å². The Morgan fingerprint density at radius 2 is 2.32 bits per heavy atom. The number of hydrogen-bond acceptors (Lipinski definition) is 6. The van der Waals surface area contributed by atoms with E-state index in [2.05, 4.69) is 10.2 Å². The monoisotopic (exact) mass is 362 g/mol. The highest BCUT2D eigenvalue weighted by Crippen LogP contribution is 2.39. The van der Waals surface area contributed by atoms with E-state index in [1.165, 1.54) is 5.01 Å². The van der Waals surface area contributed by atoms with Gasteiger partial charge in [-0.25, -0.2) is 5.84 Å². The first-order valence-corrected chi connectivity index (χ1v) is 7.90. The summed E-state index contributed by atoms with van der Waals surface area (Å²) in [6, 6.07) is 3.55. The number of aromatic amines is 1. The second kappa shape index (κ2) is 7.06. The maximum absolute atomic E-state index is 8.98. The maximum Gasteiger partial charge on any atom is 0.130 e. The first-order chi connectivity index (χ1) is 12.0. The molecular formula is C16H19ClN6O2. The van der Waals surface area contributed by atoms with Crippen molar-refractivity contribution in [1.29, 1.82) is 0 Å². The number of nitrogens with zero attached hydrogens (tertiary/aromatic N) is 3. The van der Waals surface area contributed by atoms with Gasteiger partial charge in [0.25, 0.3) is 0 Å². The molecule has 0 saturated carbocycles. The Morgan fingerprint density at radius 3 is 2.96 bits per heavy atom. The van der Waals surface area contributed by atoms with Crippen molar-refractivity contribution >= 4 is 28.3 Å². The lowest BCUT2D eigenvalue weighted by Crippen LogP contribution is -2.29. The molecule has 0 bridgehead atoms. The topological polar surface area (TPSA) is 118 Å². The van der Waals surface area contributed by atoms with Gasteiger partial charge in [-0.05, 0) is 12.1 Å². The Kier molecular flexibility index (Phi) is 4.84. The Bertz CT molecular complexity index is 903. The van der Waals surface area contributed by atoms with Crippen molar-refractivity contribution in [3.05, 3.63) is 41.9 Å². The molecule has 0 aliphatic carbocycles. The van der Waals surface area contributed by atoms with Crippen LogP contribution >= 0.6 is 11.6 Å². The number of methoxy groups -OCH3 is 1. The molecular weight excluding hydrogens is 344 g/mol. The lowest BCUT2D eigenvalue weighted by Gasteiger charge is -2.14. The van der Waals surface area contributed by atoms with Crippen molar-refractivity contribution in [2.45, 2.75) is 0 Å². The van der Waals surface area contributed by atoms with Gasteiger partial charge in [-0.1, -0.05) is 11.6 Å². The normalized spacial score (nSPS) is 11.9. The van der Waals surface area contributed by atoms with Crippen LogP contribution < -0.4 is 16.3 Å². The highest BCUT2D eigenvalue weighted by Gasteiger charge is 2.17. The zero-order valence-corrected chi connectivity index (χ0v) is 14.4. The predicted octanol–water partition coefficient (Wildman–Crippen LogP) is 1.58. The zero-order valence-electron chi connectivity index (χ0n) is 13.6. The number of nitrogens with two attached hydrogens (primary N) is 2. The third-order valence-electron chi connectivity index (χ3n) is 3.80. The maximum atomic E-state index is 8.98. The van der Waals surface area contributed by atoms with Crippen molar-refractivity contribution in [3.8, 4) is 16.9 Å². The summed E-state index contributed by atoms with van der Waals surface area (Å²) in [7, 11) is 1.59. The van der Waals surface area contributed by atoms with E-state index in [-0.39, 0.29) is 13.2 Å². The highest BCUT2D eigenvalue weighted by atomic mass is 35.5. The lowest BCUT2D eigenvalue weighted by molar-refractivity contribution is 0.239. The van der Waals surface area contributed by atoms with E-state index in [9.17, 15) is 0 Å². The number of H-pyrrole nitrogens is 1. The number of hydrazine groups is 1. The van der Waals surface area contributed by atoms with Crippen LogP contribution in [0.3, 0.4) is 0 Å². The smallest absolute Gasteiger partial charge is 0.130 e. The molecule has 2 heterocycles. The van der Waals surface area contributed by atoms with E-state index < -0.39 is 0 Å². The molecule has 25 heavy (non-hydrogen) atoms. The number of rotatable bonds is 6. The molecule has 0 aliphatic rings. The van der Waals surface area contributed by atoms with Gasteiger partial charge in [0.15, 0.2) is 0 Å². The molecule has 0 aliphatic heterocycles. The van der Waals surface area contributed by atoms with E-state index in [0.29, 0.717) is 16.6 Å². The molecule has 0 fully saturated rings. The fourth-order valence-electron chi connectivity index (χ4n) is 2.70. The Labute approximate surface area is 149 Å². The van der Waals surface area contributed by atoms with Gasteiger partial charge in [0, 0.05) is 28.5 Å². The molecule has 6 N–H and O–H groups in total. The largest absolute Gasteiger partial charge is 0.496 e. The van der Waals surface area contributed by atoms with Gasteiger partial charge in [0.1, 0.15) is 11.6 Å². The summed E-state index contributed by atoms with van der Waals surface area (Å²) < 4.78 is 7.27. The molecule has 0 saturated heterocycles. The van der Waals surface area contributed by atoms with E-state index in [1.54, 1.807) is 42.4 Å². The number of halogens is 1. The molecule has 8 nitrogen and oxygen atoms in total. The van der Waals surface area contributed by atoms with Crippen molar-refractivity contribution in [1.82, 2.24) is 19.8 Å². The number of hydrogen-bond donors (Lipinski definition) is 4. The molecule has 0 spiro atoms. The summed E-state index contributed by atoms with van der Waals surface area (Å²) in [6.07, 6.45) is 6.91. The van der Waals surface area contributed by atoms with E-state index >= 15 is 0 Å². The standard InChI is InChI=1S/C16H19ClN6O2/c1-25-14-5-11(17)4-13-16(14)12(10-6-20-21-7-10)8-23(13)15(18)9-22(19)2-3-24/h4-9,24H,2-3,18-19H2,1H3,(H,20,21)/b15-9+. The average Bonchev–Trinajstić information content (AvgIpc) is 3.21. The number of aliphatic hydroxyl groups is 1. The van der Waals surface area contributed by atoms with Crippen LogP contribution in [0.15, 0.2) is 36.9 Å². The minimum Gasteiger partial charge on any atom is -0.496 e. The fourth-order valence-corrected chi connectivity index (χ4v) is 2.90. The molecule has 0 atom stereocenters. The predicted molar refractivity (Wildman–Crippen MR) is 97.5 cm³/mol. The molecule has 9 heteroatoms. The molecule has 3 rings (SSSR count). The second-order valence-electron chi connectivity index (χ2n) is 5.42. The van der Waals surface area contributed by atoms with Gasteiger partial charge in [-0.3, -0.25) is 5.10 Å². The molecule has 0 radical (unpaired) electrons. The molecule has 132 valence electrons. The SMILES string of the molecule is COc1cc(Cl)cc2c1c(-c1cn[nH]c1)cn2/C(N)=C/N(N)CCO. The van der Waals surface area contributed by atoms with Crippen LogP contribution in [0.25, 0.3) is 27.9 Å². The average molecular weight is 363 g/mol. The number of aliphatic hydroxyl groups excluding tert-OH is 1. The summed E-state index contributed by atoms with van der Waals surface area (Å²) in [5, 5.41) is 18.5. The van der Waals surface area contributed by atoms with Crippen LogP contribution in [0.5, 0.6) is 5.75 Å². The molecule has 0 amide bonds. The molecule has 0 unspecified atom stereocenters. The van der Waals surface area contributed by atoms with Gasteiger partial charge < -0.3 is 25.2 Å². The highest BCUT2D eigenvalue weighted by molar-refractivity contribution is 6.31. The quantitative estimate of drug-likeness (QED) is 0.390. The number of nitrogens with one attached hydrogen (secondary N) is 1. The van der Waals surface area contributed by atoms with Crippen LogP contribution in [0.1, 0.15) is 0 Å². The molecule has 2 aromatic heterocycles. The number of ether oxygens (including phenoxy) is 1. The second-order valence-corrected chi connectivity index (χ2v) is 5.85. The number of aromatic nitrogens is 3. The van der Waals surface area contributed by atoms with Crippen molar-refractivity contribution in [3.63, 3.8) is 0 Å². The van der Waals surface area contributed by atoms with Crippen molar-refractivity contribution < 1.29 is 9.84 Å². The Balaban J connectivity index is 2.24. The van der Waals surface area contributed by atoms with Crippen molar-refractivity contribution in [2.24, 2.45) is 11.6 Å². The zero-order chi connectivity index (χ0) is 18.0. The summed E-state index contributed by atoms with van der Waals surface area (Å²) in [4.78, 5) is 0. The summed E-state index contributed by atoms with van der Waals surface area (Å²) in [5.41, 5.74) is 8.76. The van der Waals surface area contributed by atoms with Crippen LogP contribution in [0.4, 0.5) is 0 Å². The van der Waals surface area contributed by atoms with Gasteiger partial charge in [0.2, 0.25) is 0 Å². The molecule has 3 aromatic rings. The van der Waals surface area contributed by atoms with E-state index in [1.807, 2.05) is 6.20 Å². The Hall–Kier alpha value is -2.68.